The summed E-state index contributed by atoms with van der Waals surface area (Å²) < 4.78 is 10.1. The first-order valence-corrected chi connectivity index (χ1v) is 8.83. The predicted molar refractivity (Wildman–Crippen MR) is 98.9 cm³/mol. The molecule has 1 heterocycles. The maximum Gasteiger partial charge on any atom is 0.310 e. The van der Waals surface area contributed by atoms with E-state index in [1.165, 1.54) is 12.7 Å². The lowest BCUT2D eigenvalue weighted by atomic mass is 9.99. The van der Waals surface area contributed by atoms with E-state index in [0.717, 1.165) is 31.2 Å². The van der Waals surface area contributed by atoms with Crippen LogP contribution in [-0.4, -0.2) is 57.2 Å². The summed E-state index contributed by atoms with van der Waals surface area (Å²) in [5.74, 6) is 1.77. The average Bonchev–Trinajstić information content (AvgIpc) is 3.02. The summed E-state index contributed by atoms with van der Waals surface area (Å²) in [6, 6.07) is 8.06. The van der Waals surface area contributed by atoms with Crippen molar-refractivity contribution in [2.24, 2.45) is 16.8 Å². The van der Waals surface area contributed by atoms with E-state index in [2.05, 4.69) is 36.2 Å². The van der Waals surface area contributed by atoms with Gasteiger partial charge >= 0.3 is 5.97 Å². The number of rotatable bonds is 6. The van der Waals surface area contributed by atoms with Gasteiger partial charge in [-0.2, -0.15) is 0 Å². The Hall–Kier alpha value is -2.24. The molecule has 0 aliphatic carbocycles. The molecule has 1 aromatic rings. The Morgan fingerprint density at radius 2 is 2.00 bits per heavy atom. The number of hydrogen-bond acceptors (Lipinski definition) is 4. The van der Waals surface area contributed by atoms with Crippen molar-refractivity contribution >= 4 is 11.9 Å². The number of carbonyl (C=O) groups is 1. The summed E-state index contributed by atoms with van der Waals surface area (Å²) in [4.78, 5) is 18.8. The van der Waals surface area contributed by atoms with Crippen LogP contribution in [0.15, 0.2) is 29.3 Å². The van der Waals surface area contributed by atoms with Gasteiger partial charge in [-0.15, -0.1) is 0 Å². The number of guanidine groups is 1. The van der Waals surface area contributed by atoms with Gasteiger partial charge in [0.25, 0.3) is 0 Å². The maximum absolute atomic E-state index is 11.9. The lowest BCUT2D eigenvalue weighted by molar-refractivity contribution is -0.145. The molecule has 25 heavy (non-hydrogen) atoms. The van der Waals surface area contributed by atoms with Gasteiger partial charge in [0.05, 0.1) is 20.1 Å². The van der Waals surface area contributed by atoms with Crippen molar-refractivity contribution in [3.05, 3.63) is 29.8 Å². The Bertz CT molecular complexity index is 586. The van der Waals surface area contributed by atoms with Crippen molar-refractivity contribution in [2.75, 3.05) is 40.4 Å². The predicted octanol–water partition coefficient (Wildman–Crippen LogP) is 1.94. The Morgan fingerprint density at radius 3 is 2.60 bits per heavy atom. The molecule has 1 N–H and O–H groups in total. The van der Waals surface area contributed by atoms with Crippen LogP contribution in [-0.2, 0) is 16.0 Å². The largest absolute Gasteiger partial charge is 0.497 e. The number of nitrogens with one attached hydrogen (secondary N) is 1. The maximum atomic E-state index is 11.9. The highest BCUT2D eigenvalue weighted by Gasteiger charge is 2.36. The first kappa shape index (κ1) is 19.1. The molecule has 0 bridgehead atoms. The Morgan fingerprint density at radius 1 is 1.28 bits per heavy atom. The fourth-order valence-electron chi connectivity index (χ4n) is 3.11. The number of carbonyl (C=O) groups excluding carboxylic acids is 1. The molecule has 2 unspecified atom stereocenters. The van der Waals surface area contributed by atoms with E-state index in [1.54, 1.807) is 7.11 Å². The number of methoxy groups -OCH3 is 2. The monoisotopic (exact) mass is 347 g/mol. The number of likely N-dealkylation sites (tertiary alicyclic amines) is 1. The first-order valence-electron chi connectivity index (χ1n) is 8.83. The summed E-state index contributed by atoms with van der Waals surface area (Å²) in [6.07, 6.45) is 0.864. The second kappa shape index (κ2) is 9.30. The highest BCUT2D eigenvalue weighted by molar-refractivity contribution is 5.82. The van der Waals surface area contributed by atoms with Crippen LogP contribution in [0, 0.1) is 11.8 Å². The molecule has 0 radical (unpaired) electrons. The Labute approximate surface area is 150 Å². The van der Waals surface area contributed by atoms with Crippen molar-refractivity contribution in [3.8, 4) is 5.75 Å². The fourth-order valence-corrected chi connectivity index (χ4v) is 3.11. The summed E-state index contributed by atoms with van der Waals surface area (Å²) in [5, 5.41) is 3.33. The zero-order valence-electron chi connectivity index (χ0n) is 15.6. The molecule has 1 aliphatic heterocycles. The van der Waals surface area contributed by atoms with Crippen molar-refractivity contribution in [3.63, 3.8) is 0 Å². The van der Waals surface area contributed by atoms with Crippen LogP contribution in [0.3, 0.4) is 0 Å². The van der Waals surface area contributed by atoms with E-state index in [1.807, 2.05) is 12.1 Å². The molecule has 2 rings (SSSR count). The summed E-state index contributed by atoms with van der Waals surface area (Å²) in [7, 11) is 3.12. The Kier molecular flexibility index (Phi) is 7.10. The molecular formula is C19H29N3O3. The van der Waals surface area contributed by atoms with Gasteiger partial charge in [0.15, 0.2) is 5.96 Å². The molecular weight excluding hydrogens is 318 g/mol. The van der Waals surface area contributed by atoms with Crippen LogP contribution < -0.4 is 10.1 Å². The van der Waals surface area contributed by atoms with Gasteiger partial charge in [0.2, 0.25) is 0 Å². The number of benzene rings is 1. The quantitative estimate of drug-likeness (QED) is 0.484. The van der Waals surface area contributed by atoms with Crippen LogP contribution in [0.4, 0.5) is 0 Å². The molecule has 6 heteroatoms. The van der Waals surface area contributed by atoms with Crippen LogP contribution in [0.25, 0.3) is 0 Å². The topological polar surface area (TPSA) is 63.2 Å². The smallest absolute Gasteiger partial charge is 0.310 e. The van der Waals surface area contributed by atoms with Gasteiger partial charge in [-0.3, -0.25) is 9.79 Å². The number of esters is 1. The standard InChI is InChI=1S/C19H29N3O3/c1-5-20-19(22-12-14(2)17(13-22)18(23)25-4)21-11-10-15-6-8-16(24-3)9-7-15/h6-9,14,17H,5,10-13H2,1-4H3,(H,20,21). The van der Waals surface area contributed by atoms with Crippen molar-refractivity contribution in [2.45, 2.75) is 20.3 Å². The highest BCUT2D eigenvalue weighted by Crippen LogP contribution is 2.24. The molecule has 138 valence electrons. The van der Waals surface area contributed by atoms with Crippen LogP contribution >= 0.6 is 0 Å². The highest BCUT2D eigenvalue weighted by atomic mass is 16.5. The average molecular weight is 347 g/mol. The van der Waals surface area contributed by atoms with Crippen LogP contribution in [0.5, 0.6) is 5.75 Å². The lowest BCUT2D eigenvalue weighted by Crippen LogP contribution is -2.40. The third kappa shape index (κ3) is 5.11. The van der Waals surface area contributed by atoms with Gasteiger partial charge in [0.1, 0.15) is 5.75 Å². The fraction of sp³-hybridized carbons (Fsp3) is 0.579. The van der Waals surface area contributed by atoms with Crippen molar-refractivity contribution in [1.29, 1.82) is 0 Å². The van der Waals surface area contributed by atoms with Gasteiger partial charge < -0.3 is 19.7 Å². The number of ether oxygens (including phenoxy) is 2. The van der Waals surface area contributed by atoms with Crippen molar-refractivity contribution in [1.82, 2.24) is 10.2 Å². The summed E-state index contributed by atoms with van der Waals surface area (Å²) >= 11 is 0. The van der Waals surface area contributed by atoms with E-state index in [-0.39, 0.29) is 17.8 Å². The zero-order valence-corrected chi connectivity index (χ0v) is 15.6. The Balaban J connectivity index is 1.97. The molecule has 1 aromatic carbocycles. The van der Waals surface area contributed by atoms with E-state index >= 15 is 0 Å². The van der Waals surface area contributed by atoms with E-state index in [0.29, 0.717) is 13.1 Å². The first-order chi connectivity index (χ1) is 12.1. The van der Waals surface area contributed by atoms with Crippen LogP contribution in [0.1, 0.15) is 19.4 Å². The van der Waals surface area contributed by atoms with Gasteiger partial charge in [0, 0.05) is 26.2 Å². The van der Waals surface area contributed by atoms with Crippen molar-refractivity contribution < 1.29 is 14.3 Å². The molecule has 0 amide bonds. The second-order valence-electron chi connectivity index (χ2n) is 6.35. The molecule has 0 aromatic heterocycles. The van der Waals surface area contributed by atoms with Crippen LogP contribution in [0.2, 0.25) is 0 Å². The minimum Gasteiger partial charge on any atom is -0.497 e. The molecule has 0 spiro atoms. The van der Waals surface area contributed by atoms with E-state index < -0.39 is 0 Å². The van der Waals surface area contributed by atoms with Gasteiger partial charge in [-0.1, -0.05) is 19.1 Å². The lowest BCUT2D eigenvalue weighted by Gasteiger charge is -2.21. The summed E-state index contributed by atoms with van der Waals surface area (Å²) in [5.41, 5.74) is 1.22. The molecule has 1 aliphatic rings. The SMILES string of the molecule is CCNC(=NCCc1ccc(OC)cc1)N1CC(C)C(C(=O)OC)C1. The van der Waals surface area contributed by atoms with Gasteiger partial charge in [-0.25, -0.2) is 0 Å². The normalized spacial score (nSPS) is 20.5. The van der Waals surface area contributed by atoms with E-state index in [9.17, 15) is 4.79 Å². The minimum atomic E-state index is -0.135. The third-order valence-electron chi connectivity index (χ3n) is 4.57. The van der Waals surface area contributed by atoms with Gasteiger partial charge in [-0.05, 0) is 37.0 Å². The number of hydrogen-bond donors (Lipinski definition) is 1. The zero-order chi connectivity index (χ0) is 18.2. The molecule has 1 fully saturated rings. The number of aliphatic imine (C=N–C) groups is 1. The second-order valence-corrected chi connectivity index (χ2v) is 6.35. The van der Waals surface area contributed by atoms with E-state index in [4.69, 9.17) is 14.5 Å². The minimum absolute atomic E-state index is 0.0876. The molecule has 2 atom stereocenters. The summed E-state index contributed by atoms with van der Waals surface area (Å²) in [6.45, 7) is 7.10. The number of nitrogens with zero attached hydrogens (tertiary/aromatic N) is 2. The molecule has 1 saturated heterocycles. The third-order valence-corrected chi connectivity index (χ3v) is 4.57. The molecule has 6 nitrogen and oxygen atoms in total. The molecule has 0 saturated carbocycles.